The fourth-order valence-electron chi connectivity index (χ4n) is 3.07. The lowest BCUT2D eigenvalue weighted by atomic mass is 9.84. The van der Waals surface area contributed by atoms with E-state index in [9.17, 15) is 0 Å². The molecule has 0 aliphatic rings. The maximum Gasteiger partial charge on any atom is 0.119 e. The summed E-state index contributed by atoms with van der Waals surface area (Å²) in [4.78, 5) is 0. The van der Waals surface area contributed by atoms with Crippen molar-refractivity contribution in [3.63, 3.8) is 0 Å². The van der Waals surface area contributed by atoms with Crippen molar-refractivity contribution in [1.82, 2.24) is 0 Å². The molecular formula is C22H22O2. The Morgan fingerprint density at radius 2 is 1.08 bits per heavy atom. The lowest BCUT2D eigenvalue weighted by Crippen LogP contribution is -2.04. The van der Waals surface area contributed by atoms with Crippen LogP contribution in [0.2, 0.25) is 0 Å². The molecule has 0 fully saturated rings. The summed E-state index contributed by atoms with van der Waals surface area (Å²) in [6.07, 6.45) is 0. The van der Waals surface area contributed by atoms with Crippen LogP contribution in [0, 0.1) is 6.92 Å². The molecule has 0 bridgehead atoms. The predicted octanol–water partition coefficient (Wildman–Crippen LogP) is 5.19. The van der Waals surface area contributed by atoms with E-state index in [1.165, 1.54) is 22.3 Å². The molecule has 0 heterocycles. The molecule has 3 aromatic rings. The van der Waals surface area contributed by atoms with Crippen LogP contribution < -0.4 is 9.47 Å². The smallest absolute Gasteiger partial charge is 0.119 e. The number of aryl methyl sites for hydroxylation is 1. The van der Waals surface area contributed by atoms with Gasteiger partial charge in [-0.1, -0.05) is 54.1 Å². The molecule has 0 N–H and O–H groups in total. The van der Waals surface area contributed by atoms with Crippen molar-refractivity contribution < 1.29 is 9.47 Å². The Labute approximate surface area is 143 Å². The van der Waals surface area contributed by atoms with E-state index >= 15 is 0 Å². The van der Waals surface area contributed by atoms with Crippen LogP contribution in [0.25, 0.3) is 0 Å². The van der Waals surface area contributed by atoms with Gasteiger partial charge >= 0.3 is 0 Å². The molecule has 2 heteroatoms. The average Bonchev–Trinajstić information content (AvgIpc) is 2.62. The average molecular weight is 318 g/mol. The highest BCUT2D eigenvalue weighted by molar-refractivity contribution is 5.47. The van der Waals surface area contributed by atoms with Crippen LogP contribution >= 0.6 is 0 Å². The van der Waals surface area contributed by atoms with Crippen molar-refractivity contribution >= 4 is 0 Å². The van der Waals surface area contributed by atoms with Crippen molar-refractivity contribution in [2.45, 2.75) is 12.8 Å². The van der Waals surface area contributed by atoms with E-state index in [0.29, 0.717) is 0 Å². The van der Waals surface area contributed by atoms with Gasteiger partial charge in [-0.3, -0.25) is 0 Å². The molecule has 0 atom stereocenters. The fraction of sp³-hybridized carbons (Fsp3) is 0.182. The molecule has 0 radical (unpaired) electrons. The molecule has 2 nitrogen and oxygen atoms in total. The van der Waals surface area contributed by atoms with Gasteiger partial charge in [-0.05, 0) is 47.9 Å². The van der Waals surface area contributed by atoms with Crippen LogP contribution in [-0.2, 0) is 0 Å². The lowest BCUT2D eigenvalue weighted by Gasteiger charge is -2.20. The van der Waals surface area contributed by atoms with Crippen molar-refractivity contribution in [2.24, 2.45) is 0 Å². The van der Waals surface area contributed by atoms with Crippen LogP contribution in [0.3, 0.4) is 0 Å². The van der Waals surface area contributed by atoms with Gasteiger partial charge in [-0.25, -0.2) is 0 Å². The third-order valence-electron chi connectivity index (χ3n) is 4.23. The van der Waals surface area contributed by atoms with Gasteiger partial charge in [-0.2, -0.15) is 0 Å². The fourth-order valence-corrected chi connectivity index (χ4v) is 3.07. The molecule has 0 aromatic heterocycles. The summed E-state index contributed by atoms with van der Waals surface area (Å²) in [6.45, 7) is 2.12. The van der Waals surface area contributed by atoms with Gasteiger partial charge in [0, 0.05) is 5.92 Å². The Morgan fingerprint density at radius 1 is 0.625 bits per heavy atom. The molecule has 3 rings (SSSR count). The summed E-state index contributed by atoms with van der Waals surface area (Å²) >= 11 is 0. The van der Waals surface area contributed by atoms with Crippen LogP contribution in [0.15, 0.2) is 72.8 Å². The molecule has 0 aliphatic carbocycles. The number of methoxy groups -OCH3 is 2. The minimum Gasteiger partial charge on any atom is -0.497 e. The minimum atomic E-state index is 0.134. The van der Waals surface area contributed by atoms with Crippen LogP contribution in [0.4, 0.5) is 0 Å². The second-order valence-corrected chi connectivity index (χ2v) is 5.90. The van der Waals surface area contributed by atoms with Crippen molar-refractivity contribution in [1.29, 1.82) is 0 Å². The van der Waals surface area contributed by atoms with E-state index < -0.39 is 0 Å². The highest BCUT2D eigenvalue weighted by atomic mass is 16.5. The summed E-state index contributed by atoms with van der Waals surface area (Å²) in [7, 11) is 3.40. The predicted molar refractivity (Wildman–Crippen MR) is 98.1 cm³/mol. The zero-order valence-electron chi connectivity index (χ0n) is 14.3. The van der Waals surface area contributed by atoms with E-state index in [-0.39, 0.29) is 5.92 Å². The number of hydrogen-bond donors (Lipinski definition) is 0. The summed E-state index contributed by atoms with van der Waals surface area (Å²) in [5.41, 5.74) is 4.92. The third kappa shape index (κ3) is 3.43. The summed E-state index contributed by atoms with van der Waals surface area (Å²) in [5.74, 6) is 1.87. The molecule has 122 valence electrons. The second-order valence-electron chi connectivity index (χ2n) is 5.90. The van der Waals surface area contributed by atoms with Gasteiger partial charge in [-0.15, -0.1) is 0 Å². The number of benzene rings is 3. The summed E-state index contributed by atoms with van der Waals surface area (Å²) < 4.78 is 10.8. The first kappa shape index (κ1) is 16.1. The Morgan fingerprint density at radius 3 is 1.54 bits per heavy atom. The van der Waals surface area contributed by atoms with Gasteiger partial charge in [0.1, 0.15) is 11.5 Å². The standard InChI is InChI=1S/C22H22O2/c1-16-7-4-8-17(13-16)22(18-9-5-11-20(14-18)23-2)19-10-6-12-21(15-19)24-3/h4-15,22H,1-3H3. The van der Waals surface area contributed by atoms with E-state index in [0.717, 1.165) is 11.5 Å². The van der Waals surface area contributed by atoms with Gasteiger partial charge in [0.15, 0.2) is 0 Å². The molecule has 0 amide bonds. The molecule has 0 saturated carbocycles. The van der Waals surface area contributed by atoms with E-state index in [1.54, 1.807) is 14.2 Å². The van der Waals surface area contributed by atoms with E-state index in [2.05, 4.69) is 55.5 Å². The molecule has 24 heavy (non-hydrogen) atoms. The first-order chi connectivity index (χ1) is 11.7. The maximum absolute atomic E-state index is 5.42. The Hall–Kier alpha value is -2.74. The highest BCUT2D eigenvalue weighted by Gasteiger charge is 2.18. The van der Waals surface area contributed by atoms with Gasteiger partial charge in [0.05, 0.1) is 14.2 Å². The highest BCUT2D eigenvalue weighted by Crippen LogP contribution is 2.35. The van der Waals surface area contributed by atoms with Gasteiger partial charge in [0.2, 0.25) is 0 Å². The third-order valence-corrected chi connectivity index (χ3v) is 4.23. The molecule has 0 saturated heterocycles. The van der Waals surface area contributed by atoms with E-state index in [4.69, 9.17) is 9.47 Å². The SMILES string of the molecule is COc1cccc(C(c2cccc(C)c2)c2cccc(OC)c2)c1. The molecule has 0 aliphatic heterocycles. The number of ether oxygens (including phenoxy) is 2. The van der Waals surface area contributed by atoms with E-state index in [1.807, 2.05) is 24.3 Å². The maximum atomic E-state index is 5.42. The van der Waals surface area contributed by atoms with Crippen molar-refractivity contribution in [2.75, 3.05) is 14.2 Å². The second kappa shape index (κ2) is 7.22. The van der Waals surface area contributed by atoms with Crippen molar-refractivity contribution in [3.8, 4) is 11.5 Å². The Balaban J connectivity index is 2.16. The largest absolute Gasteiger partial charge is 0.497 e. The lowest BCUT2D eigenvalue weighted by molar-refractivity contribution is 0.413. The zero-order valence-corrected chi connectivity index (χ0v) is 14.3. The minimum absolute atomic E-state index is 0.134. The molecule has 0 unspecified atom stereocenters. The molecule has 0 spiro atoms. The topological polar surface area (TPSA) is 18.5 Å². The normalized spacial score (nSPS) is 10.7. The van der Waals surface area contributed by atoms with Gasteiger partial charge in [0.25, 0.3) is 0 Å². The Kier molecular flexibility index (Phi) is 4.85. The quantitative estimate of drug-likeness (QED) is 0.603. The first-order valence-electron chi connectivity index (χ1n) is 8.05. The van der Waals surface area contributed by atoms with Crippen LogP contribution in [-0.4, -0.2) is 14.2 Å². The molecular weight excluding hydrogens is 296 g/mol. The van der Waals surface area contributed by atoms with Crippen molar-refractivity contribution in [3.05, 3.63) is 95.1 Å². The number of rotatable bonds is 5. The summed E-state index contributed by atoms with van der Waals surface area (Å²) in [6, 6.07) is 25.2. The van der Waals surface area contributed by atoms with Crippen LogP contribution in [0.1, 0.15) is 28.2 Å². The zero-order chi connectivity index (χ0) is 16.9. The number of hydrogen-bond acceptors (Lipinski definition) is 2. The molecule has 3 aromatic carbocycles. The Bertz CT molecular complexity index is 776. The van der Waals surface area contributed by atoms with Gasteiger partial charge < -0.3 is 9.47 Å². The first-order valence-corrected chi connectivity index (χ1v) is 8.05. The summed E-state index contributed by atoms with van der Waals surface area (Å²) in [5, 5.41) is 0. The van der Waals surface area contributed by atoms with Crippen LogP contribution in [0.5, 0.6) is 11.5 Å². The monoisotopic (exact) mass is 318 g/mol.